The van der Waals surface area contributed by atoms with Gasteiger partial charge in [-0.2, -0.15) is 22.0 Å². The summed E-state index contributed by atoms with van der Waals surface area (Å²) >= 11 is 0. The van der Waals surface area contributed by atoms with Crippen LogP contribution < -0.4 is 9.47 Å². The zero-order valence-corrected chi connectivity index (χ0v) is 9.72. The Labute approximate surface area is 108 Å². The fourth-order valence-electron chi connectivity index (χ4n) is 1.83. The van der Waals surface area contributed by atoms with E-state index in [0.717, 1.165) is 0 Å². The average Bonchev–Trinajstić information content (AvgIpc) is 2.77. The first-order valence-electron chi connectivity index (χ1n) is 5.53. The van der Waals surface area contributed by atoms with Crippen LogP contribution in [0.2, 0.25) is 0 Å². The zero-order chi connectivity index (χ0) is 14.5. The van der Waals surface area contributed by atoms with Gasteiger partial charge in [0.1, 0.15) is 13.2 Å². The van der Waals surface area contributed by atoms with Gasteiger partial charge in [-0.15, -0.1) is 0 Å². The number of rotatable bonds is 1. The van der Waals surface area contributed by atoms with Crippen LogP contribution in [0.3, 0.4) is 0 Å². The third kappa shape index (κ3) is 1.84. The molecule has 4 nitrogen and oxygen atoms in total. The van der Waals surface area contributed by atoms with Gasteiger partial charge in [-0.1, -0.05) is 0 Å². The topological polar surface area (TPSA) is 47.1 Å². The predicted molar refractivity (Wildman–Crippen MR) is 57.0 cm³/mol. The molecular formula is C11H7F5N2O2. The first-order valence-corrected chi connectivity index (χ1v) is 5.53. The normalized spacial score (nSPS) is 15.7. The van der Waals surface area contributed by atoms with Crippen molar-refractivity contribution in [1.82, 2.24) is 9.97 Å². The van der Waals surface area contributed by atoms with Crippen LogP contribution in [-0.2, 0) is 5.92 Å². The summed E-state index contributed by atoms with van der Waals surface area (Å²) in [5, 5.41) is 0. The minimum atomic E-state index is -5.71. The highest BCUT2D eigenvalue weighted by Crippen LogP contribution is 2.43. The molecule has 3 rings (SSSR count). The van der Waals surface area contributed by atoms with Crippen molar-refractivity contribution in [3.63, 3.8) is 0 Å². The molecule has 0 fully saturated rings. The van der Waals surface area contributed by atoms with Gasteiger partial charge < -0.3 is 14.5 Å². The molecule has 1 aromatic heterocycles. The number of H-pyrrole nitrogens is 1. The van der Waals surface area contributed by atoms with Crippen molar-refractivity contribution in [1.29, 1.82) is 0 Å². The van der Waals surface area contributed by atoms with E-state index in [9.17, 15) is 22.0 Å². The molecule has 2 heterocycles. The maximum Gasteiger partial charge on any atom is 0.461 e. The first-order chi connectivity index (χ1) is 9.29. The van der Waals surface area contributed by atoms with E-state index in [4.69, 9.17) is 9.47 Å². The van der Waals surface area contributed by atoms with Crippen molar-refractivity contribution in [2.75, 3.05) is 13.2 Å². The fourth-order valence-corrected chi connectivity index (χ4v) is 1.83. The van der Waals surface area contributed by atoms with Gasteiger partial charge in [-0.05, 0) is 0 Å². The highest BCUT2D eigenvalue weighted by atomic mass is 19.4. The second-order valence-electron chi connectivity index (χ2n) is 4.17. The summed E-state index contributed by atoms with van der Waals surface area (Å²) in [7, 11) is 0. The lowest BCUT2D eigenvalue weighted by molar-refractivity contribution is -0.292. The molecule has 20 heavy (non-hydrogen) atoms. The Morgan fingerprint density at radius 1 is 1.00 bits per heavy atom. The van der Waals surface area contributed by atoms with Crippen LogP contribution in [0.1, 0.15) is 5.82 Å². The van der Waals surface area contributed by atoms with Crippen LogP contribution in [0.25, 0.3) is 11.0 Å². The number of fused-ring (bicyclic) bond motifs is 2. The van der Waals surface area contributed by atoms with Crippen molar-refractivity contribution < 1.29 is 31.4 Å². The molecule has 0 unspecified atom stereocenters. The Hall–Kier alpha value is -2.06. The fraction of sp³-hybridized carbons (Fsp3) is 0.364. The molecule has 1 N–H and O–H groups in total. The summed E-state index contributed by atoms with van der Waals surface area (Å²) in [6.07, 6.45) is -5.71. The molecule has 1 aliphatic rings. The van der Waals surface area contributed by atoms with Crippen LogP contribution in [0.15, 0.2) is 12.1 Å². The summed E-state index contributed by atoms with van der Waals surface area (Å²) in [4.78, 5) is 5.27. The Morgan fingerprint density at radius 3 is 2.20 bits per heavy atom. The number of halogens is 5. The van der Waals surface area contributed by atoms with E-state index in [0.29, 0.717) is 0 Å². The number of nitrogens with one attached hydrogen (secondary N) is 1. The second kappa shape index (κ2) is 3.97. The molecule has 0 saturated heterocycles. The van der Waals surface area contributed by atoms with Crippen LogP contribution >= 0.6 is 0 Å². The molecule has 0 atom stereocenters. The molecule has 0 saturated carbocycles. The van der Waals surface area contributed by atoms with Gasteiger partial charge in [0.2, 0.25) is 0 Å². The maximum atomic E-state index is 13.2. The lowest BCUT2D eigenvalue weighted by atomic mass is 10.2. The van der Waals surface area contributed by atoms with E-state index < -0.39 is 17.9 Å². The molecule has 2 aromatic rings. The molecule has 0 bridgehead atoms. The Kier molecular flexibility index (Phi) is 2.57. The van der Waals surface area contributed by atoms with E-state index in [1.807, 2.05) is 4.98 Å². The third-order valence-corrected chi connectivity index (χ3v) is 2.80. The van der Waals surface area contributed by atoms with Crippen LogP contribution in [-0.4, -0.2) is 29.4 Å². The molecule has 1 aliphatic heterocycles. The lowest BCUT2D eigenvalue weighted by Gasteiger charge is -2.17. The van der Waals surface area contributed by atoms with E-state index in [1.165, 1.54) is 12.1 Å². The smallest absolute Gasteiger partial charge is 0.461 e. The number of aromatic nitrogens is 2. The summed E-state index contributed by atoms with van der Waals surface area (Å²) in [5.41, 5.74) is -0.0265. The monoisotopic (exact) mass is 294 g/mol. The summed E-state index contributed by atoms with van der Waals surface area (Å²) in [6.45, 7) is 0.548. The van der Waals surface area contributed by atoms with E-state index in [-0.39, 0.29) is 35.7 Å². The standard InChI is InChI=1S/C11H7F5N2O2/c12-10(13,11(14,15)16)9-17-5-3-7-8(4-6(5)18-9)20-2-1-19-7/h3-4H,1-2H2,(H,17,18). The van der Waals surface area contributed by atoms with Crippen LogP contribution in [0.4, 0.5) is 22.0 Å². The minimum Gasteiger partial charge on any atom is -0.486 e. The Morgan fingerprint density at radius 2 is 1.60 bits per heavy atom. The first kappa shape index (κ1) is 12.9. The Balaban J connectivity index is 2.11. The van der Waals surface area contributed by atoms with E-state index in [1.54, 1.807) is 0 Å². The highest BCUT2D eigenvalue weighted by Gasteiger charge is 2.61. The largest absolute Gasteiger partial charge is 0.486 e. The van der Waals surface area contributed by atoms with Gasteiger partial charge in [0.05, 0.1) is 11.0 Å². The molecule has 0 spiro atoms. The third-order valence-electron chi connectivity index (χ3n) is 2.80. The average molecular weight is 294 g/mol. The number of hydrogen-bond donors (Lipinski definition) is 1. The zero-order valence-electron chi connectivity index (χ0n) is 9.72. The quantitative estimate of drug-likeness (QED) is 0.822. The predicted octanol–water partition coefficient (Wildman–Crippen LogP) is 2.99. The summed E-state index contributed by atoms with van der Waals surface area (Å²) in [5.74, 6) is -5.97. The van der Waals surface area contributed by atoms with Crippen molar-refractivity contribution in [2.45, 2.75) is 12.1 Å². The van der Waals surface area contributed by atoms with Gasteiger partial charge in [-0.25, -0.2) is 4.98 Å². The minimum absolute atomic E-state index is 0.0215. The molecule has 108 valence electrons. The molecular weight excluding hydrogens is 287 g/mol. The summed E-state index contributed by atoms with van der Waals surface area (Å²) in [6, 6.07) is 2.54. The molecule has 0 amide bonds. The second-order valence-corrected chi connectivity index (χ2v) is 4.17. The van der Waals surface area contributed by atoms with Crippen molar-refractivity contribution in [3.8, 4) is 11.5 Å². The van der Waals surface area contributed by atoms with Crippen molar-refractivity contribution >= 4 is 11.0 Å². The van der Waals surface area contributed by atoms with Crippen molar-refractivity contribution in [2.24, 2.45) is 0 Å². The highest BCUT2D eigenvalue weighted by molar-refractivity contribution is 5.80. The van der Waals surface area contributed by atoms with E-state index >= 15 is 0 Å². The molecule has 0 aliphatic carbocycles. The number of aromatic amines is 1. The summed E-state index contributed by atoms with van der Waals surface area (Å²) < 4.78 is 73.7. The van der Waals surface area contributed by atoms with Crippen molar-refractivity contribution in [3.05, 3.63) is 18.0 Å². The number of nitrogens with zero attached hydrogens (tertiary/aromatic N) is 1. The number of imidazole rings is 1. The van der Waals surface area contributed by atoms with Gasteiger partial charge in [0.25, 0.3) is 0 Å². The number of hydrogen-bond acceptors (Lipinski definition) is 3. The van der Waals surface area contributed by atoms with Gasteiger partial charge in [0, 0.05) is 12.1 Å². The Bertz CT molecular complexity index is 622. The SMILES string of the molecule is FC(F)(F)C(F)(F)c1nc2cc3c(cc2[nH]1)OCCO3. The molecule has 1 aromatic carbocycles. The van der Waals surface area contributed by atoms with Gasteiger partial charge in [0.15, 0.2) is 17.3 Å². The number of benzene rings is 1. The van der Waals surface area contributed by atoms with Crippen LogP contribution in [0, 0.1) is 0 Å². The number of alkyl halides is 5. The van der Waals surface area contributed by atoms with Gasteiger partial charge in [-0.3, -0.25) is 0 Å². The lowest BCUT2D eigenvalue weighted by Crippen LogP contribution is -2.34. The van der Waals surface area contributed by atoms with Gasteiger partial charge >= 0.3 is 12.1 Å². The molecule has 0 radical (unpaired) electrons. The molecule has 9 heteroatoms. The van der Waals surface area contributed by atoms with Crippen LogP contribution in [0.5, 0.6) is 11.5 Å². The van der Waals surface area contributed by atoms with E-state index in [2.05, 4.69) is 4.98 Å². The maximum absolute atomic E-state index is 13.2. The number of ether oxygens (including phenoxy) is 2.